The first-order chi connectivity index (χ1) is 10.4. The predicted octanol–water partition coefficient (Wildman–Crippen LogP) is 1.76. The topological polar surface area (TPSA) is 71.0 Å². The fraction of sp³-hybridized carbons (Fsp3) is 0.562. The first-order valence-electron chi connectivity index (χ1n) is 7.34. The number of nitrogens with one attached hydrogen (secondary N) is 1. The number of carbonyl (C=O) groups is 1. The van der Waals surface area contributed by atoms with Crippen LogP contribution in [-0.2, 0) is 6.54 Å². The molecule has 122 valence electrons. The normalized spacial score (nSPS) is 19.9. The van der Waals surface area contributed by atoms with Crippen LogP contribution in [-0.4, -0.2) is 48.4 Å². The van der Waals surface area contributed by atoms with Crippen molar-refractivity contribution in [2.75, 3.05) is 20.8 Å². The molecule has 1 aromatic rings. The summed E-state index contributed by atoms with van der Waals surface area (Å²) in [6.45, 7) is 4.70. The van der Waals surface area contributed by atoms with E-state index < -0.39 is 11.6 Å². The van der Waals surface area contributed by atoms with Gasteiger partial charge in [-0.15, -0.1) is 0 Å². The molecule has 1 aliphatic heterocycles. The van der Waals surface area contributed by atoms with Crippen molar-refractivity contribution in [3.63, 3.8) is 0 Å². The quantitative estimate of drug-likeness (QED) is 0.889. The van der Waals surface area contributed by atoms with Crippen LogP contribution in [0.25, 0.3) is 0 Å². The Morgan fingerprint density at radius 1 is 1.36 bits per heavy atom. The Kier molecular flexibility index (Phi) is 4.81. The largest absolute Gasteiger partial charge is 0.493 e. The van der Waals surface area contributed by atoms with Crippen LogP contribution < -0.4 is 14.8 Å². The number of nitrogens with zero attached hydrogens (tertiary/aromatic N) is 1. The average Bonchev–Trinajstić information content (AvgIpc) is 2.78. The zero-order valence-corrected chi connectivity index (χ0v) is 13.5. The second-order valence-electron chi connectivity index (χ2n) is 5.96. The van der Waals surface area contributed by atoms with Crippen molar-refractivity contribution in [1.29, 1.82) is 0 Å². The van der Waals surface area contributed by atoms with Gasteiger partial charge in [-0.25, -0.2) is 4.79 Å². The molecule has 1 aliphatic rings. The third-order valence-electron chi connectivity index (χ3n) is 4.27. The van der Waals surface area contributed by atoms with E-state index in [0.29, 0.717) is 31.0 Å². The number of ether oxygens (including phenoxy) is 2. The Hall–Kier alpha value is -1.95. The van der Waals surface area contributed by atoms with Crippen molar-refractivity contribution in [3.05, 3.63) is 23.8 Å². The number of aliphatic hydroxyl groups is 1. The lowest BCUT2D eigenvalue weighted by Gasteiger charge is -2.33. The summed E-state index contributed by atoms with van der Waals surface area (Å²) >= 11 is 0. The lowest BCUT2D eigenvalue weighted by atomic mass is 9.99. The number of methoxy groups -OCH3 is 2. The number of urea groups is 1. The molecule has 0 saturated carbocycles. The van der Waals surface area contributed by atoms with Crippen LogP contribution in [0.4, 0.5) is 4.79 Å². The molecule has 6 heteroatoms. The fourth-order valence-electron chi connectivity index (χ4n) is 2.70. The highest BCUT2D eigenvalue weighted by molar-refractivity contribution is 5.75. The first kappa shape index (κ1) is 16.4. The summed E-state index contributed by atoms with van der Waals surface area (Å²) in [6, 6.07) is 5.36. The second kappa shape index (κ2) is 6.44. The molecule has 1 aromatic carbocycles. The Bertz CT molecular complexity index is 545. The Balaban J connectivity index is 2.00. The van der Waals surface area contributed by atoms with Gasteiger partial charge < -0.3 is 24.8 Å². The average molecular weight is 308 g/mol. The minimum atomic E-state index is -0.540. The number of aliphatic hydroxyl groups excluding tert-OH is 1. The third kappa shape index (κ3) is 3.11. The summed E-state index contributed by atoms with van der Waals surface area (Å²) in [6.07, 6.45) is 0.121. The van der Waals surface area contributed by atoms with E-state index in [1.807, 2.05) is 32.0 Å². The molecule has 1 heterocycles. The monoisotopic (exact) mass is 308 g/mol. The van der Waals surface area contributed by atoms with Gasteiger partial charge in [-0.2, -0.15) is 0 Å². The summed E-state index contributed by atoms with van der Waals surface area (Å²) in [5.41, 5.74) is 0.380. The van der Waals surface area contributed by atoms with Crippen LogP contribution >= 0.6 is 0 Å². The highest BCUT2D eigenvalue weighted by Crippen LogP contribution is 2.29. The molecule has 0 radical (unpaired) electrons. The standard InChI is InChI=1S/C16H24N2O4/c1-16(2)14(19)7-8-18(16)15(20)17-10-11-5-6-12(21-3)13(9-11)22-4/h5-6,9,14,19H,7-8,10H2,1-4H3,(H,17,20). The van der Waals surface area contributed by atoms with Crippen LogP contribution in [0, 0.1) is 0 Å². The molecule has 2 rings (SSSR count). The van der Waals surface area contributed by atoms with E-state index in [1.54, 1.807) is 19.1 Å². The van der Waals surface area contributed by atoms with E-state index in [-0.39, 0.29) is 6.03 Å². The first-order valence-corrected chi connectivity index (χ1v) is 7.34. The molecular formula is C16H24N2O4. The van der Waals surface area contributed by atoms with Crippen LogP contribution in [0.3, 0.4) is 0 Å². The smallest absolute Gasteiger partial charge is 0.318 e. The summed E-state index contributed by atoms with van der Waals surface area (Å²) in [7, 11) is 3.16. The molecule has 1 atom stereocenters. The van der Waals surface area contributed by atoms with Crippen molar-refractivity contribution < 1.29 is 19.4 Å². The van der Waals surface area contributed by atoms with Crippen LogP contribution in [0.1, 0.15) is 25.8 Å². The van der Waals surface area contributed by atoms with Gasteiger partial charge in [0.2, 0.25) is 0 Å². The van der Waals surface area contributed by atoms with Gasteiger partial charge in [-0.3, -0.25) is 0 Å². The van der Waals surface area contributed by atoms with Crippen LogP contribution in [0.5, 0.6) is 11.5 Å². The lowest BCUT2D eigenvalue weighted by molar-refractivity contribution is 0.0696. The summed E-state index contributed by atoms with van der Waals surface area (Å²) in [5.74, 6) is 1.28. The number of hydrogen-bond acceptors (Lipinski definition) is 4. The molecule has 0 spiro atoms. The highest BCUT2D eigenvalue weighted by atomic mass is 16.5. The predicted molar refractivity (Wildman–Crippen MR) is 83.2 cm³/mol. The van der Waals surface area contributed by atoms with Crippen molar-refractivity contribution in [1.82, 2.24) is 10.2 Å². The molecule has 2 amide bonds. The Morgan fingerprint density at radius 3 is 2.59 bits per heavy atom. The molecule has 1 unspecified atom stereocenters. The summed E-state index contributed by atoms with van der Waals surface area (Å²) < 4.78 is 10.4. The number of likely N-dealkylation sites (tertiary alicyclic amines) is 1. The number of amides is 2. The van der Waals surface area contributed by atoms with Crippen molar-refractivity contribution in [2.24, 2.45) is 0 Å². The SMILES string of the molecule is COc1ccc(CNC(=O)N2CCC(O)C2(C)C)cc1OC. The van der Waals surface area contributed by atoms with Gasteiger partial charge in [0.1, 0.15) is 0 Å². The van der Waals surface area contributed by atoms with Gasteiger partial charge >= 0.3 is 6.03 Å². The molecule has 6 nitrogen and oxygen atoms in total. The second-order valence-corrected chi connectivity index (χ2v) is 5.96. The van der Waals surface area contributed by atoms with Crippen molar-refractivity contribution in [2.45, 2.75) is 38.5 Å². The minimum Gasteiger partial charge on any atom is -0.493 e. The van der Waals surface area contributed by atoms with Gasteiger partial charge in [0.15, 0.2) is 11.5 Å². The van der Waals surface area contributed by atoms with E-state index >= 15 is 0 Å². The maximum Gasteiger partial charge on any atom is 0.318 e. The van der Waals surface area contributed by atoms with E-state index in [2.05, 4.69) is 5.32 Å². The molecule has 1 fully saturated rings. The minimum absolute atomic E-state index is 0.170. The van der Waals surface area contributed by atoms with Crippen molar-refractivity contribution in [3.8, 4) is 11.5 Å². The van der Waals surface area contributed by atoms with Crippen molar-refractivity contribution >= 4 is 6.03 Å². The Labute approximate surface area is 131 Å². The fourth-order valence-corrected chi connectivity index (χ4v) is 2.70. The molecule has 0 aromatic heterocycles. The summed E-state index contributed by atoms with van der Waals surface area (Å²) in [4.78, 5) is 14.0. The maximum atomic E-state index is 12.3. The number of benzene rings is 1. The van der Waals surface area contributed by atoms with Gasteiger partial charge in [-0.05, 0) is 38.0 Å². The number of hydrogen-bond donors (Lipinski definition) is 2. The highest BCUT2D eigenvalue weighted by Gasteiger charge is 2.42. The van der Waals surface area contributed by atoms with E-state index in [9.17, 15) is 9.90 Å². The number of carbonyl (C=O) groups excluding carboxylic acids is 1. The Morgan fingerprint density at radius 2 is 2.05 bits per heavy atom. The van der Waals surface area contributed by atoms with E-state index in [4.69, 9.17) is 9.47 Å². The lowest BCUT2D eigenvalue weighted by Crippen LogP contribution is -2.51. The molecule has 0 bridgehead atoms. The molecular weight excluding hydrogens is 284 g/mol. The van der Waals surface area contributed by atoms with Gasteiger partial charge in [0, 0.05) is 13.1 Å². The van der Waals surface area contributed by atoms with Gasteiger partial charge in [-0.1, -0.05) is 6.07 Å². The van der Waals surface area contributed by atoms with Crippen LogP contribution in [0.15, 0.2) is 18.2 Å². The molecule has 0 aliphatic carbocycles. The number of rotatable bonds is 4. The van der Waals surface area contributed by atoms with E-state index in [1.165, 1.54) is 0 Å². The van der Waals surface area contributed by atoms with Gasteiger partial charge in [0.05, 0.1) is 25.9 Å². The van der Waals surface area contributed by atoms with Crippen LogP contribution in [0.2, 0.25) is 0 Å². The zero-order valence-electron chi connectivity index (χ0n) is 13.5. The van der Waals surface area contributed by atoms with E-state index in [0.717, 1.165) is 5.56 Å². The molecule has 1 saturated heterocycles. The van der Waals surface area contributed by atoms with Gasteiger partial charge in [0.25, 0.3) is 0 Å². The molecule has 22 heavy (non-hydrogen) atoms. The zero-order chi connectivity index (χ0) is 16.3. The molecule has 2 N–H and O–H groups in total. The summed E-state index contributed by atoms with van der Waals surface area (Å²) in [5, 5.41) is 12.8. The maximum absolute atomic E-state index is 12.3. The third-order valence-corrected chi connectivity index (χ3v) is 4.27.